The first kappa shape index (κ1) is 8.31. The zero-order chi connectivity index (χ0) is 8.55. The van der Waals surface area contributed by atoms with E-state index in [4.69, 9.17) is 0 Å². The second kappa shape index (κ2) is 3.21. The van der Waals surface area contributed by atoms with Crippen LogP contribution in [0.5, 0.6) is 0 Å². The van der Waals surface area contributed by atoms with Gasteiger partial charge in [-0.2, -0.15) is 0 Å². The standard InChI is InChI=1S/C11H16S/c1-3-9-4-5-11-10(7-9)6-8(2)12-11/h6,9H,3-5,7H2,1-2H3. The fourth-order valence-corrected chi connectivity index (χ4v) is 3.18. The summed E-state index contributed by atoms with van der Waals surface area (Å²) >= 11 is 2.00. The average Bonchev–Trinajstić information content (AvgIpc) is 2.43. The van der Waals surface area contributed by atoms with Crippen molar-refractivity contribution in [2.24, 2.45) is 5.92 Å². The highest BCUT2D eigenvalue weighted by Crippen LogP contribution is 2.32. The Hall–Kier alpha value is -0.300. The first-order valence-corrected chi connectivity index (χ1v) is 5.69. The van der Waals surface area contributed by atoms with Gasteiger partial charge < -0.3 is 0 Å². The van der Waals surface area contributed by atoms with E-state index in [1.807, 2.05) is 11.3 Å². The molecule has 1 aliphatic carbocycles. The molecular formula is C11H16S. The van der Waals surface area contributed by atoms with Crippen LogP contribution in [-0.2, 0) is 12.8 Å². The van der Waals surface area contributed by atoms with Gasteiger partial charge in [0.2, 0.25) is 0 Å². The SMILES string of the molecule is CCC1CCc2sc(C)cc2C1. The molecule has 0 saturated heterocycles. The number of hydrogen-bond donors (Lipinski definition) is 0. The molecule has 0 aliphatic heterocycles. The zero-order valence-corrected chi connectivity index (χ0v) is 8.71. The molecule has 0 nitrogen and oxygen atoms in total. The van der Waals surface area contributed by atoms with Gasteiger partial charge in [0, 0.05) is 9.75 Å². The Morgan fingerprint density at radius 1 is 1.58 bits per heavy atom. The Balaban J connectivity index is 2.22. The molecule has 0 aromatic carbocycles. The minimum Gasteiger partial charge on any atom is -0.145 e. The molecule has 1 aromatic rings. The van der Waals surface area contributed by atoms with E-state index in [1.54, 1.807) is 10.4 Å². The van der Waals surface area contributed by atoms with Crippen LogP contribution in [0.3, 0.4) is 0 Å². The molecule has 0 saturated carbocycles. The maximum atomic E-state index is 2.39. The number of aryl methyl sites for hydroxylation is 2. The Kier molecular flexibility index (Phi) is 2.22. The van der Waals surface area contributed by atoms with Gasteiger partial charge in [-0.05, 0) is 43.7 Å². The van der Waals surface area contributed by atoms with Crippen LogP contribution >= 0.6 is 11.3 Å². The van der Waals surface area contributed by atoms with Crippen LogP contribution < -0.4 is 0 Å². The van der Waals surface area contributed by atoms with Crippen LogP contribution in [0.4, 0.5) is 0 Å². The van der Waals surface area contributed by atoms with Crippen molar-refractivity contribution in [1.29, 1.82) is 0 Å². The van der Waals surface area contributed by atoms with Gasteiger partial charge in [0.1, 0.15) is 0 Å². The third kappa shape index (κ3) is 1.42. The smallest absolute Gasteiger partial charge is 0.00802 e. The Bertz CT molecular complexity index is 273. The van der Waals surface area contributed by atoms with Crippen molar-refractivity contribution in [3.63, 3.8) is 0 Å². The van der Waals surface area contributed by atoms with Gasteiger partial charge in [-0.15, -0.1) is 11.3 Å². The maximum Gasteiger partial charge on any atom is 0.00802 e. The minimum absolute atomic E-state index is 0.964. The molecule has 0 fully saturated rings. The molecule has 1 unspecified atom stereocenters. The summed E-state index contributed by atoms with van der Waals surface area (Å²) in [5.41, 5.74) is 1.65. The van der Waals surface area contributed by atoms with Crippen molar-refractivity contribution in [2.75, 3.05) is 0 Å². The van der Waals surface area contributed by atoms with Crippen LogP contribution in [0.1, 0.15) is 35.1 Å². The van der Waals surface area contributed by atoms with Crippen LogP contribution in [-0.4, -0.2) is 0 Å². The molecule has 1 aliphatic rings. The summed E-state index contributed by atoms with van der Waals surface area (Å²) in [6.45, 7) is 4.54. The van der Waals surface area contributed by atoms with E-state index < -0.39 is 0 Å². The average molecular weight is 180 g/mol. The van der Waals surface area contributed by atoms with Gasteiger partial charge in [0.25, 0.3) is 0 Å². The van der Waals surface area contributed by atoms with Crippen molar-refractivity contribution in [3.8, 4) is 0 Å². The summed E-state index contributed by atoms with van der Waals surface area (Å²) in [4.78, 5) is 3.16. The van der Waals surface area contributed by atoms with Crippen molar-refractivity contribution in [1.82, 2.24) is 0 Å². The van der Waals surface area contributed by atoms with E-state index in [-0.39, 0.29) is 0 Å². The highest BCUT2D eigenvalue weighted by molar-refractivity contribution is 7.12. The molecule has 66 valence electrons. The van der Waals surface area contributed by atoms with Crippen molar-refractivity contribution >= 4 is 11.3 Å². The van der Waals surface area contributed by atoms with Gasteiger partial charge >= 0.3 is 0 Å². The quantitative estimate of drug-likeness (QED) is 0.620. The van der Waals surface area contributed by atoms with Crippen molar-refractivity contribution in [3.05, 3.63) is 21.4 Å². The molecule has 0 bridgehead atoms. The maximum absolute atomic E-state index is 2.39. The van der Waals surface area contributed by atoms with Gasteiger partial charge in [-0.3, -0.25) is 0 Å². The number of hydrogen-bond acceptors (Lipinski definition) is 1. The Morgan fingerprint density at radius 3 is 3.17 bits per heavy atom. The first-order valence-electron chi connectivity index (χ1n) is 4.87. The van der Waals surface area contributed by atoms with Crippen LogP contribution in [0, 0.1) is 12.8 Å². The summed E-state index contributed by atoms with van der Waals surface area (Å²) in [5.74, 6) is 0.964. The lowest BCUT2D eigenvalue weighted by Gasteiger charge is -2.20. The van der Waals surface area contributed by atoms with Crippen molar-refractivity contribution in [2.45, 2.75) is 39.5 Å². The molecular weight excluding hydrogens is 164 g/mol. The van der Waals surface area contributed by atoms with E-state index in [1.165, 1.54) is 30.6 Å². The predicted octanol–water partition coefficient (Wildman–Crippen LogP) is 3.57. The minimum atomic E-state index is 0.964. The second-order valence-corrected chi connectivity index (χ2v) is 5.16. The van der Waals surface area contributed by atoms with Gasteiger partial charge in [-0.1, -0.05) is 13.3 Å². The Morgan fingerprint density at radius 2 is 2.42 bits per heavy atom. The lowest BCUT2D eigenvalue weighted by Crippen LogP contribution is -2.10. The largest absolute Gasteiger partial charge is 0.145 e. The predicted molar refractivity (Wildman–Crippen MR) is 54.9 cm³/mol. The highest BCUT2D eigenvalue weighted by atomic mass is 32.1. The van der Waals surface area contributed by atoms with Crippen LogP contribution in [0.2, 0.25) is 0 Å². The molecule has 0 radical (unpaired) electrons. The van der Waals surface area contributed by atoms with E-state index in [0.717, 1.165) is 5.92 Å². The lowest BCUT2D eigenvalue weighted by molar-refractivity contribution is 0.449. The summed E-state index contributed by atoms with van der Waals surface area (Å²) in [6.07, 6.45) is 5.46. The third-order valence-corrected chi connectivity index (χ3v) is 4.04. The molecule has 0 amide bonds. The fourth-order valence-electron chi connectivity index (χ4n) is 2.10. The monoisotopic (exact) mass is 180 g/mol. The van der Waals surface area contributed by atoms with Gasteiger partial charge in [0.15, 0.2) is 0 Å². The first-order chi connectivity index (χ1) is 5.79. The Labute approximate surface area is 78.6 Å². The van der Waals surface area contributed by atoms with Crippen LogP contribution in [0.25, 0.3) is 0 Å². The molecule has 1 heterocycles. The van der Waals surface area contributed by atoms with E-state index >= 15 is 0 Å². The number of thiophene rings is 1. The summed E-state index contributed by atoms with van der Waals surface area (Å²) in [7, 11) is 0. The van der Waals surface area contributed by atoms with E-state index in [9.17, 15) is 0 Å². The summed E-state index contributed by atoms with van der Waals surface area (Å²) < 4.78 is 0. The van der Waals surface area contributed by atoms with Gasteiger partial charge in [0.05, 0.1) is 0 Å². The van der Waals surface area contributed by atoms with Gasteiger partial charge in [-0.25, -0.2) is 0 Å². The molecule has 1 aromatic heterocycles. The summed E-state index contributed by atoms with van der Waals surface area (Å²) in [5, 5.41) is 0. The summed E-state index contributed by atoms with van der Waals surface area (Å²) in [6, 6.07) is 2.39. The number of rotatable bonds is 1. The normalized spacial score (nSPS) is 22.3. The molecule has 2 rings (SSSR count). The zero-order valence-electron chi connectivity index (χ0n) is 7.89. The lowest BCUT2D eigenvalue weighted by atomic mass is 9.87. The second-order valence-electron chi connectivity index (χ2n) is 3.82. The highest BCUT2D eigenvalue weighted by Gasteiger charge is 2.18. The molecule has 0 N–H and O–H groups in total. The topological polar surface area (TPSA) is 0 Å². The molecule has 12 heavy (non-hydrogen) atoms. The molecule has 1 atom stereocenters. The van der Waals surface area contributed by atoms with E-state index in [0.29, 0.717) is 0 Å². The van der Waals surface area contributed by atoms with Crippen LogP contribution in [0.15, 0.2) is 6.07 Å². The van der Waals surface area contributed by atoms with Crippen molar-refractivity contribution < 1.29 is 0 Å². The van der Waals surface area contributed by atoms with E-state index in [2.05, 4.69) is 19.9 Å². The molecule has 1 heteroatoms. The molecule has 0 spiro atoms. The number of fused-ring (bicyclic) bond motifs is 1. The fraction of sp³-hybridized carbons (Fsp3) is 0.636. The third-order valence-electron chi connectivity index (χ3n) is 2.89.